The Morgan fingerprint density at radius 2 is 1.80 bits per heavy atom. The first-order valence-electron chi connectivity index (χ1n) is 7.55. The van der Waals surface area contributed by atoms with Gasteiger partial charge in [0.2, 0.25) is 0 Å². The van der Waals surface area contributed by atoms with Gasteiger partial charge in [-0.05, 0) is 24.3 Å². The molecule has 0 spiro atoms. The second-order valence-electron chi connectivity index (χ2n) is 4.98. The minimum Gasteiger partial charge on any atom is -0.497 e. The third-order valence-electron chi connectivity index (χ3n) is 3.39. The molecule has 6 nitrogen and oxygen atoms in total. The Labute approximate surface area is 151 Å². The van der Waals surface area contributed by atoms with Crippen LogP contribution in [-0.4, -0.2) is 40.4 Å². The molecule has 0 bridgehead atoms. The smallest absolute Gasteiger partial charge is 0.251 e. The molecule has 0 saturated carbocycles. The number of ether oxygens (including phenoxy) is 4. The van der Waals surface area contributed by atoms with Crippen molar-refractivity contribution in [2.24, 2.45) is 0 Å². The Bertz CT molecular complexity index is 735. The predicted molar refractivity (Wildman–Crippen MR) is 95.4 cm³/mol. The van der Waals surface area contributed by atoms with Crippen LogP contribution >= 0.6 is 11.6 Å². The van der Waals surface area contributed by atoms with Crippen LogP contribution in [0.15, 0.2) is 36.4 Å². The predicted octanol–water partition coefficient (Wildman–Crippen LogP) is 3.17. The molecule has 0 atom stereocenters. The summed E-state index contributed by atoms with van der Waals surface area (Å²) in [6.07, 6.45) is 0. The van der Waals surface area contributed by atoms with E-state index in [1.165, 1.54) is 20.3 Å². The lowest BCUT2D eigenvalue weighted by molar-refractivity contribution is 0.0946. The Morgan fingerprint density at radius 3 is 2.48 bits per heavy atom. The maximum Gasteiger partial charge on any atom is 0.251 e. The molecule has 1 N–H and O–H groups in total. The lowest BCUT2D eigenvalue weighted by Gasteiger charge is -2.12. The van der Waals surface area contributed by atoms with Gasteiger partial charge in [-0.2, -0.15) is 0 Å². The van der Waals surface area contributed by atoms with Crippen LogP contribution in [0.25, 0.3) is 0 Å². The van der Waals surface area contributed by atoms with E-state index in [0.717, 1.165) is 0 Å². The Kier molecular flexibility index (Phi) is 6.77. The fraction of sp³-hybridized carbons (Fsp3) is 0.278. The van der Waals surface area contributed by atoms with E-state index in [2.05, 4.69) is 5.32 Å². The minimum atomic E-state index is -0.280. The van der Waals surface area contributed by atoms with E-state index in [-0.39, 0.29) is 5.91 Å². The van der Waals surface area contributed by atoms with Gasteiger partial charge in [-0.1, -0.05) is 17.7 Å². The van der Waals surface area contributed by atoms with Gasteiger partial charge in [0.05, 0.1) is 32.9 Å². The second-order valence-corrected chi connectivity index (χ2v) is 5.38. The van der Waals surface area contributed by atoms with Gasteiger partial charge >= 0.3 is 0 Å². The third kappa shape index (κ3) is 4.93. The summed E-state index contributed by atoms with van der Waals surface area (Å²) in [5.41, 5.74) is 0.379. The molecule has 25 heavy (non-hydrogen) atoms. The van der Waals surface area contributed by atoms with E-state index in [1.54, 1.807) is 19.2 Å². The Morgan fingerprint density at radius 1 is 1.04 bits per heavy atom. The topological polar surface area (TPSA) is 66.0 Å². The fourth-order valence-corrected chi connectivity index (χ4v) is 2.46. The number of amides is 1. The lowest BCUT2D eigenvalue weighted by atomic mass is 10.2. The fourth-order valence-electron chi connectivity index (χ4n) is 2.18. The zero-order valence-electron chi connectivity index (χ0n) is 14.3. The summed E-state index contributed by atoms with van der Waals surface area (Å²) in [7, 11) is 4.56. The number of hydrogen-bond donors (Lipinski definition) is 1. The summed E-state index contributed by atoms with van der Waals surface area (Å²) in [4.78, 5) is 12.2. The highest BCUT2D eigenvalue weighted by molar-refractivity contribution is 6.32. The molecule has 0 radical (unpaired) electrons. The molecule has 0 saturated heterocycles. The normalized spacial score (nSPS) is 10.1. The molecular formula is C18H20ClNO5. The number of nitrogens with one attached hydrogen (secondary N) is 1. The van der Waals surface area contributed by atoms with Crippen LogP contribution in [0, 0.1) is 0 Å². The number of benzene rings is 2. The van der Waals surface area contributed by atoms with E-state index >= 15 is 0 Å². The van der Waals surface area contributed by atoms with Crippen LogP contribution in [-0.2, 0) is 0 Å². The van der Waals surface area contributed by atoms with Gasteiger partial charge in [-0.25, -0.2) is 0 Å². The van der Waals surface area contributed by atoms with E-state index < -0.39 is 0 Å². The first-order chi connectivity index (χ1) is 12.1. The third-order valence-corrected chi connectivity index (χ3v) is 3.67. The quantitative estimate of drug-likeness (QED) is 0.728. The van der Waals surface area contributed by atoms with Crippen LogP contribution in [0.1, 0.15) is 10.4 Å². The van der Waals surface area contributed by atoms with Crippen LogP contribution in [0.3, 0.4) is 0 Å². The molecule has 0 fully saturated rings. The van der Waals surface area contributed by atoms with Crippen molar-refractivity contribution < 1.29 is 23.7 Å². The summed E-state index contributed by atoms with van der Waals surface area (Å²) < 4.78 is 21.0. The number of methoxy groups -OCH3 is 3. The maximum atomic E-state index is 12.2. The van der Waals surface area contributed by atoms with Gasteiger partial charge in [-0.3, -0.25) is 4.79 Å². The van der Waals surface area contributed by atoms with Crippen molar-refractivity contribution in [3.8, 4) is 23.0 Å². The van der Waals surface area contributed by atoms with E-state index in [0.29, 0.717) is 46.7 Å². The first kappa shape index (κ1) is 18.7. The molecule has 0 aromatic heterocycles. The number of rotatable bonds is 8. The molecule has 0 aliphatic heterocycles. The molecule has 2 aromatic carbocycles. The first-order valence-corrected chi connectivity index (χ1v) is 7.93. The van der Waals surface area contributed by atoms with Gasteiger partial charge in [0, 0.05) is 11.6 Å². The molecule has 2 rings (SSSR count). The van der Waals surface area contributed by atoms with Crippen molar-refractivity contribution in [3.05, 3.63) is 47.0 Å². The summed E-state index contributed by atoms with van der Waals surface area (Å²) in [6, 6.07) is 10.4. The molecule has 2 aromatic rings. The van der Waals surface area contributed by atoms with Crippen LogP contribution < -0.4 is 24.3 Å². The van der Waals surface area contributed by atoms with Crippen molar-refractivity contribution >= 4 is 17.5 Å². The number of carbonyl (C=O) groups excluding carboxylic acids is 1. The van der Waals surface area contributed by atoms with Crippen molar-refractivity contribution in [2.75, 3.05) is 34.5 Å². The van der Waals surface area contributed by atoms with E-state index in [4.69, 9.17) is 30.5 Å². The SMILES string of the molecule is COc1cccc(OCCNC(=O)c2cc(Cl)c(OC)c(OC)c2)c1. The van der Waals surface area contributed by atoms with Crippen molar-refractivity contribution in [3.63, 3.8) is 0 Å². The largest absolute Gasteiger partial charge is 0.497 e. The highest BCUT2D eigenvalue weighted by Gasteiger charge is 2.15. The summed E-state index contributed by atoms with van der Waals surface area (Å²) >= 11 is 6.11. The molecule has 134 valence electrons. The molecule has 1 amide bonds. The van der Waals surface area contributed by atoms with Gasteiger partial charge in [-0.15, -0.1) is 0 Å². The summed E-state index contributed by atoms with van der Waals surface area (Å²) in [6.45, 7) is 0.655. The monoisotopic (exact) mass is 365 g/mol. The van der Waals surface area contributed by atoms with Crippen molar-refractivity contribution in [1.82, 2.24) is 5.32 Å². The highest BCUT2D eigenvalue weighted by Crippen LogP contribution is 2.35. The zero-order chi connectivity index (χ0) is 18.2. The molecule has 0 aliphatic carbocycles. The number of halogens is 1. The summed E-state index contributed by atoms with van der Waals surface area (Å²) in [5, 5.41) is 3.07. The van der Waals surface area contributed by atoms with E-state index in [1.807, 2.05) is 18.2 Å². The van der Waals surface area contributed by atoms with Gasteiger partial charge in [0.15, 0.2) is 11.5 Å². The van der Waals surface area contributed by atoms with Crippen molar-refractivity contribution in [2.45, 2.75) is 0 Å². The van der Waals surface area contributed by atoms with E-state index in [9.17, 15) is 4.79 Å². The molecule has 0 unspecified atom stereocenters. The molecule has 7 heteroatoms. The van der Waals surface area contributed by atoms with Gasteiger partial charge in [0.1, 0.15) is 18.1 Å². The lowest BCUT2D eigenvalue weighted by Crippen LogP contribution is -2.28. The van der Waals surface area contributed by atoms with Crippen LogP contribution in [0.2, 0.25) is 5.02 Å². The molecule has 0 heterocycles. The standard InChI is InChI=1S/C18H20ClNO5/c1-22-13-5-4-6-14(11-13)25-8-7-20-18(21)12-9-15(19)17(24-3)16(10-12)23-2/h4-6,9-11H,7-8H2,1-3H3,(H,20,21). The second kappa shape index (κ2) is 9.03. The average molecular weight is 366 g/mol. The van der Waals surface area contributed by atoms with Gasteiger partial charge < -0.3 is 24.3 Å². The van der Waals surface area contributed by atoms with Crippen LogP contribution in [0.4, 0.5) is 0 Å². The van der Waals surface area contributed by atoms with Gasteiger partial charge in [0.25, 0.3) is 5.91 Å². The number of hydrogen-bond acceptors (Lipinski definition) is 5. The Balaban J connectivity index is 1.91. The molecular weight excluding hydrogens is 346 g/mol. The van der Waals surface area contributed by atoms with Crippen molar-refractivity contribution in [1.29, 1.82) is 0 Å². The number of carbonyl (C=O) groups is 1. The minimum absolute atomic E-state index is 0.280. The Hall–Kier alpha value is -2.60. The highest BCUT2D eigenvalue weighted by atomic mass is 35.5. The average Bonchev–Trinajstić information content (AvgIpc) is 2.64. The molecule has 0 aliphatic rings. The van der Waals surface area contributed by atoms with Crippen LogP contribution in [0.5, 0.6) is 23.0 Å². The zero-order valence-corrected chi connectivity index (χ0v) is 15.1. The summed E-state index contributed by atoms with van der Waals surface area (Å²) in [5.74, 6) is 1.89. The maximum absolute atomic E-state index is 12.2.